The summed E-state index contributed by atoms with van der Waals surface area (Å²) in [6.07, 6.45) is -4.65. The summed E-state index contributed by atoms with van der Waals surface area (Å²) < 4.78 is 49.2. The minimum absolute atomic E-state index is 0.0130. The molecule has 1 rings (SSSR count). The molecule has 2 nitrogen and oxygen atoms in total. The molecule has 6 heteroatoms. The molecule has 76 valence electrons. The molecule has 0 saturated carbocycles. The van der Waals surface area contributed by atoms with E-state index in [1.54, 1.807) is 0 Å². The first-order valence-corrected chi connectivity index (χ1v) is 3.47. The molecule has 0 atom stereocenters. The average Bonchev–Trinajstić information content (AvgIpc) is 2.07. The number of halogens is 4. The summed E-state index contributed by atoms with van der Waals surface area (Å²) in [5.74, 6) is -1.13. The van der Waals surface area contributed by atoms with E-state index in [2.05, 4.69) is 0 Å². The van der Waals surface area contributed by atoms with Crippen LogP contribution < -0.4 is 5.73 Å². The molecule has 0 bridgehead atoms. The molecule has 0 aromatic heterocycles. The van der Waals surface area contributed by atoms with Gasteiger partial charge in [0.1, 0.15) is 0 Å². The van der Waals surface area contributed by atoms with Gasteiger partial charge in [-0.1, -0.05) is 0 Å². The summed E-state index contributed by atoms with van der Waals surface area (Å²) in [7, 11) is 0. The summed E-state index contributed by atoms with van der Waals surface area (Å²) in [4.78, 5) is 10.2. The van der Waals surface area contributed by atoms with E-state index in [1.807, 2.05) is 0 Å². The quantitative estimate of drug-likeness (QED) is 0.436. The Kier molecular flexibility index (Phi) is 2.46. The molecule has 0 radical (unpaired) electrons. The molecule has 1 aromatic rings. The van der Waals surface area contributed by atoms with Crippen molar-refractivity contribution in [1.29, 1.82) is 0 Å². The van der Waals surface area contributed by atoms with Gasteiger partial charge in [0.25, 0.3) is 0 Å². The largest absolute Gasteiger partial charge is 0.416 e. The van der Waals surface area contributed by atoms with Gasteiger partial charge >= 0.3 is 6.18 Å². The van der Waals surface area contributed by atoms with Crippen LogP contribution in [0.25, 0.3) is 0 Å². The van der Waals surface area contributed by atoms with Crippen molar-refractivity contribution >= 4 is 12.0 Å². The standard InChI is InChI=1S/C8H5F4NO/c9-7-4(3-14)1-5(2-6(7)13)8(10,11)12/h1-3H,13H2. The van der Waals surface area contributed by atoms with E-state index in [9.17, 15) is 22.4 Å². The Bertz CT molecular complexity index is 372. The van der Waals surface area contributed by atoms with Crippen molar-refractivity contribution in [2.24, 2.45) is 0 Å². The van der Waals surface area contributed by atoms with Gasteiger partial charge < -0.3 is 5.73 Å². The maximum absolute atomic E-state index is 12.8. The van der Waals surface area contributed by atoms with E-state index >= 15 is 0 Å². The highest BCUT2D eigenvalue weighted by molar-refractivity contribution is 5.78. The number of alkyl halides is 3. The summed E-state index contributed by atoms with van der Waals surface area (Å²) in [5, 5.41) is 0. The number of aldehydes is 1. The lowest BCUT2D eigenvalue weighted by Gasteiger charge is -2.08. The lowest BCUT2D eigenvalue weighted by molar-refractivity contribution is -0.137. The monoisotopic (exact) mass is 207 g/mol. The predicted molar refractivity (Wildman–Crippen MR) is 41.2 cm³/mol. The Balaban J connectivity index is 3.37. The topological polar surface area (TPSA) is 43.1 Å². The van der Waals surface area contributed by atoms with E-state index in [0.29, 0.717) is 12.1 Å². The van der Waals surface area contributed by atoms with Crippen LogP contribution in [0.5, 0.6) is 0 Å². The molecular weight excluding hydrogens is 202 g/mol. The van der Waals surface area contributed by atoms with Gasteiger partial charge in [0.2, 0.25) is 0 Å². The smallest absolute Gasteiger partial charge is 0.396 e. The van der Waals surface area contributed by atoms with Crippen LogP contribution in [-0.4, -0.2) is 6.29 Å². The van der Waals surface area contributed by atoms with E-state index < -0.39 is 28.8 Å². The van der Waals surface area contributed by atoms with Crippen LogP contribution in [0, 0.1) is 5.82 Å². The molecule has 0 aliphatic carbocycles. The molecule has 0 aliphatic rings. The normalized spacial score (nSPS) is 11.4. The van der Waals surface area contributed by atoms with Gasteiger partial charge in [-0.15, -0.1) is 0 Å². The summed E-state index contributed by atoms with van der Waals surface area (Å²) >= 11 is 0. The highest BCUT2D eigenvalue weighted by Crippen LogP contribution is 2.32. The lowest BCUT2D eigenvalue weighted by atomic mass is 10.1. The molecule has 0 spiro atoms. The number of carbonyl (C=O) groups excluding carboxylic acids is 1. The molecule has 14 heavy (non-hydrogen) atoms. The number of rotatable bonds is 1. The van der Waals surface area contributed by atoms with E-state index in [4.69, 9.17) is 5.73 Å². The zero-order valence-corrected chi connectivity index (χ0v) is 6.73. The van der Waals surface area contributed by atoms with Crippen LogP contribution in [-0.2, 0) is 6.18 Å². The molecule has 0 aliphatic heterocycles. The number of hydrogen-bond donors (Lipinski definition) is 1. The van der Waals surface area contributed by atoms with Crippen molar-refractivity contribution in [2.75, 3.05) is 5.73 Å². The highest BCUT2D eigenvalue weighted by Gasteiger charge is 2.32. The van der Waals surface area contributed by atoms with Gasteiger partial charge in [-0.3, -0.25) is 4.79 Å². The second-order valence-electron chi connectivity index (χ2n) is 2.58. The Hall–Kier alpha value is -1.59. The molecular formula is C8H5F4NO. The van der Waals surface area contributed by atoms with Crippen LogP contribution in [0.1, 0.15) is 15.9 Å². The van der Waals surface area contributed by atoms with Crippen molar-refractivity contribution in [1.82, 2.24) is 0 Å². The van der Waals surface area contributed by atoms with Crippen LogP contribution in [0.15, 0.2) is 12.1 Å². The van der Waals surface area contributed by atoms with Gasteiger partial charge in [-0.25, -0.2) is 4.39 Å². The highest BCUT2D eigenvalue weighted by atomic mass is 19.4. The first kappa shape index (κ1) is 10.5. The average molecular weight is 207 g/mol. The molecule has 2 N–H and O–H groups in total. The lowest BCUT2D eigenvalue weighted by Crippen LogP contribution is -2.08. The van der Waals surface area contributed by atoms with E-state index in [0.717, 1.165) is 0 Å². The number of hydrogen-bond acceptors (Lipinski definition) is 2. The third-order valence-electron chi connectivity index (χ3n) is 1.58. The molecule has 1 aromatic carbocycles. The first-order valence-electron chi connectivity index (χ1n) is 3.47. The van der Waals surface area contributed by atoms with Crippen molar-refractivity contribution < 1.29 is 22.4 Å². The van der Waals surface area contributed by atoms with Gasteiger partial charge in [-0.05, 0) is 12.1 Å². The maximum Gasteiger partial charge on any atom is 0.416 e. The number of anilines is 1. The molecule has 0 heterocycles. The second kappa shape index (κ2) is 3.28. The minimum Gasteiger partial charge on any atom is -0.396 e. The van der Waals surface area contributed by atoms with Crippen LogP contribution in [0.2, 0.25) is 0 Å². The number of nitrogen functional groups attached to an aromatic ring is 1. The molecule has 0 fully saturated rings. The summed E-state index contributed by atoms with van der Waals surface area (Å²) in [6, 6.07) is 0.862. The van der Waals surface area contributed by atoms with Crippen molar-refractivity contribution in [2.45, 2.75) is 6.18 Å². The Labute approximate surface area is 76.3 Å². The number of carbonyl (C=O) groups is 1. The van der Waals surface area contributed by atoms with Crippen molar-refractivity contribution in [3.63, 3.8) is 0 Å². The van der Waals surface area contributed by atoms with E-state index in [1.165, 1.54) is 0 Å². The Morgan fingerprint density at radius 2 is 1.86 bits per heavy atom. The van der Waals surface area contributed by atoms with Crippen LogP contribution >= 0.6 is 0 Å². The van der Waals surface area contributed by atoms with Crippen LogP contribution in [0.3, 0.4) is 0 Å². The maximum atomic E-state index is 12.8. The Morgan fingerprint density at radius 1 is 1.29 bits per heavy atom. The molecule has 0 saturated heterocycles. The van der Waals surface area contributed by atoms with Crippen molar-refractivity contribution in [3.05, 3.63) is 29.1 Å². The molecule has 0 amide bonds. The summed E-state index contributed by atoms with van der Waals surface area (Å²) in [5.41, 5.74) is 2.43. The fourth-order valence-corrected chi connectivity index (χ4v) is 0.920. The first-order chi connectivity index (χ1) is 6.36. The number of benzene rings is 1. The van der Waals surface area contributed by atoms with Gasteiger partial charge in [0, 0.05) is 0 Å². The Morgan fingerprint density at radius 3 is 2.29 bits per heavy atom. The zero-order valence-electron chi connectivity index (χ0n) is 6.73. The van der Waals surface area contributed by atoms with Crippen LogP contribution in [0.4, 0.5) is 23.2 Å². The molecule has 0 unspecified atom stereocenters. The van der Waals surface area contributed by atoms with Gasteiger partial charge in [-0.2, -0.15) is 13.2 Å². The minimum atomic E-state index is -4.64. The van der Waals surface area contributed by atoms with E-state index in [-0.39, 0.29) is 6.29 Å². The SMILES string of the molecule is Nc1cc(C(F)(F)F)cc(C=O)c1F. The zero-order chi connectivity index (χ0) is 10.9. The fourth-order valence-electron chi connectivity index (χ4n) is 0.920. The van der Waals surface area contributed by atoms with Gasteiger partial charge in [0.05, 0.1) is 16.8 Å². The third kappa shape index (κ3) is 1.84. The van der Waals surface area contributed by atoms with Gasteiger partial charge in [0.15, 0.2) is 12.1 Å². The fraction of sp³-hybridized carbons (Fsp3) is 0.125. The predicted octanol–water partition coefficient (Wildman–Crippen LogP) is 2.24. The second-order valence-corrected chi connectivity index (χ2v) is 2.58. The number of nitrogens with two attached hydrogens (primary N) is 1. The third-order valence-corrected chi connectivity index (χ3v) is 1.58. The van der Waals surface area contributed by atoms with Crippen molar-refractivity contribution in [3.8, 4) is 0 Å². The summed E-state index contributed by atoms with van der Waals surface area (Å²) in [6.45, 7) is 0.